The lowest BCUT2D eigenvalue weighted by Crippen LogP contribution is -2.17. The third-order valence-electron chi connectivity index (χ3n) is 3.61. The van der Waals surface area contributed by atoms with Crippen LogP contribution in [0.25, 0.3) is 0 Å². The van der Waals surface area contributed by atoms with Gasteiger partial charge in [-0.05, 0) is 29.8 Å². The van der Waals surface area contributed by atoms with Gasteiger partial charge in [-0.15, -0.1) is 10.2 Å². The fourth-order valence-electron chi connectivity index (χ4n) is 2.32. The Labute approximate surface area is 141 Å². The summed E-state index contributed by atoms with van der Waals surface area (Å²) in [7, 11) is 1.92. The lowest BCUT2D eigenvalue weighted by molar-refractivity contribution is -0.115. The maximum absolute atomic E-state index is 12.0. The monoisotopic (exact) mass is 318 g/mol. The molecule has 0 saturated carbocycles. The van der Waals surface area contributed by atoms with Crippen LogP contribution in [0.3, 0.4) is 0 Å². The van der Waals surface area contributed by atoms with E-state index in [0.29, 0.717) is 18.1 Å². The van der Waals surface area contributed by atoms with Gasteiger partial charge in [-0.3, -0.25) is 4.79 Å². The number of carbonyl (C=O) groups excluding carboxylic acids is 1. The summed E-state index contributed by atoms with van der Waals surface area (Å²) in [4.78, 5) is 14.0. The topological polar surface area (TPSA) is 58.1 Å². The normalized spacial score (nSPS) is 10.2. The van der Waals surface area contributed by atoms with Crippen molar-refractivity contribution < 1.29 is 4.79 Å². The van der Waals surface area contributed by atoms with Crippen molar-refractivity contribution in [1.82, 2.24) is 10.2 Å². The maximum atomic E-state index is 12.0. The van der Waals surface area contributed by atoms with Crippen LogP contribution in [0.1, 0.15) is 5.56 Å². The molecule has 24 heavy (non-hydrogen) atoms. The quantitative estimate of drug-likeness (QED) is 0.783. The first kappa shape index (κ1) is 15.7. The van der Waals surface area contributed by atoms with Gasteiger partial charge >= 0.3 is 0 Å². The zero-order valence-electron chi connectivity index (χ0n) is 13.4. The largest absolute Gasteiger partial charge is 0.328 e. The second-order valence-corrected chi connectivity index (χ2v) is 5.38. The van der Waals surface area contributed by atoms with Crippen molar-refractivity contribution in [3.63, 3.8) is 0 Å². The summed E-state index contributed by atoms with van der Waals surface area (Å²) in [6.07, 6.45) is 0.314. The smallest absolute Gasteiger partial charge is 0.229 e. The summed E-state index contributed by atoms with van der Waals surface area (Å²) in [6.45, 7) is 0. The Morgan fingerprint density at radius 1 is 0.917 bits per heavy atom. The van der Waals surface area contributed by atoms with Crippen LogP contribution < -0.4 is 10.2 Å². The number of rotatable bonds is 5. The van der Waals surface area contributed by atoms with Gasteiger partial charge in [-0.1, -0.05) is 48.5 Å². The zero-order chi connectivity index (χ0) is 16.8. The summed E-state index contributed by atoms with van der Waals surface area (Å²) in [5, 5.41) is 11.0. The molecule has 0 radical (unpaired) electrons. The van der Waals surface area contributed by atoms with Crippen LogP contribution in [-0.4, -0.2) is 23.2 Å². The van der Waals surface area contributed by atoms with Crippen molar-refractivity contribution >= 4 is 23.2 Å². The van der Waals surface area contributed by atoms with E-state index in [1.165, 1.54) is 0 Å². The fourth-order valence-corrected chi connectivity index (χ4v) is 2.32. The van der Waals surface area contributed by atoms with Crippen molar-refractivity contribution in [3.05, 3.63) is 78.4 Å². The highest BCUT2D eigenvalue weighted by molar-refractivity contribution is 5.91. The number of aromatic nitrogens is 2. The number of carbonyl (C=O) groups is 1. The molecule has 0 aliphatic carbocycles. The minimum Gasteiger partial charge on any atom is -0.328 e. The van der Waals surface area contributed by atoms with Gasteiger partial charge in [0.15, 0.2) is 11.6 Å². The summed E-state index contributed by atoms with van der Waals surface area (Å²) < 4.78 is 0. The summed E-state index contributed by atoms with van der Waals surface area (Å²) >= 11 is 0. The molecule has 0 fully saturated rings. The molecule has 1 amide bonds. The fraction of sp³-hybridized carbons (Fsp3) is 0.105. The molecule has 3 aromatic rings. The van der Waals surface area contributed by atoms with Crippen molar-refractivity contribution in [3.8, 4) is 0 Å². The molecule has 2 aromatic carbocycles. The van der Waals surface area contributed by atoms with E-state index < -0.39 is 0 Å². The first-order valence-electron chi connectivity index (χ1n) is 7.68. The standard InChI is InChI=1S/C19H18N4O/c1-23(16-10-6-3-7-11-16)18-13-12-17(21-22-18)20-19(24)14-15-8-4-2-5-9-15/h2-13H,14H2,1H3,(H,20,21,24). The van der Waals surface area contributed by atoms with E-state index in [2.05, 4.69) is 15.5 Å². The molecule has 5 nitrogen and oxygen atoms in total. The van der Waals surface area contributed by atoms with Crippen LogP contribution in [0, 0.1) is 0 Å². The van der Waals surface area contributed by atoms with Crippen LogP contribution in [0.5, 0.6) is 0 Å². The van der Waals surface area contributed by atoms with E-state index in [4.69, 9.17) is 0 Å². The molecule has 1 N–H and O–H groups in total. The predicted octanol–water partition coefficient (Wildman–Crippen LogP) is 3.43. The molecular formula is C19H18N4O. The minimum absolute atomic E-state index is 0.111. The second kappa shape index (κ2) is 7.37. The Morgan fingerprint density at radius 2 is 1.58 bits per heavy atom. The molecule has 0 spiro atoms. The van der Waals surface area contributed by atoms with E-state index in [1.54, 1.807) is 6.07 Å². The molecule has 0 aliphatic heterocycles. The van der Waals surface area contributed by atoms with Crippen LogP contribution >= 0.6 is 0 Å². The maximum Gasteiger partial charge on any atom is 0.229 e. The van der Waals surface area contributed by atoms with E-state index in [9.17, 15) is 4.79 Å². The van der Waals surface area contributed by atoms with Crippen molar-refractivity contribution in [1.29, 1.82) is 0 Å². The number of benzene rings is 2. The zero-order valence-corrected chi connectivity index (χ0v) is 13.4. The average molecular weight is 318 g/mol. The lowest BCUT2D eigenvalue weighted by atomic mass is 10.1. The Morgan fingerprint density at radius 3 is 2.21 bits per heavy atom. The van der Waals surface area contributed by atoms with Gasteiger partial charge in [0.2, 0.25) is 5.91 Å². The average Bonchev–Trinajstić information content (AvgIpc) is 2.63. The Hall–Kier alpha value is -3.21. The molecule has 0 aliphatic rings. The first-order chi connectivity index (χ1) is 11.7. The van der Waals surface area contributed by atoms with Gasteiger partial charge in [0.05, 0.1) is 6.42 Å². The highest BCUT2D eigenvalue weighted by Crippen LogP contribution is 2.20. The number of amides is 1. The predicted molar refractivity (Wildman–Crippen MR) is 95.3 cm³/mol. The Bertz CT molecular complexity index is 789. The number of hydrogen-bond acceptors (Lipinski definition) is 4. The SMILES string of the molecule is CN(c1ccccc1)c1ccc(NC(=O)Cc2ccccc2)nn1. The van der Waals surface area contributed by atoms with Crippen LogP contribution in [0.15, 0.2) is 72.8 Å². The van der Waals surface area contributed by atoms with E-state index >= 15 is 0 Å². The minimum atomic E-state index is -0.111. The first-order valence-corrected chi connectivity index (χ1v) is 7.68. The van der Waals surface area contributed by atoms with Gasteiger partial charge in [0.25, 0.3) is 0 Å². The molecule has 0 unspecified atom stereocenters. The molecule has 3 rings (SSSR count). The van der Waals surface area contributed by atoms with E-state index in [-0.39, 0.29) is 5.91 Å². The van der Waals surface area contributed by atoms with E-state index in [0.717, 1.165) is 11.3 Å². The number of anilines is 3. The number of hydrogen-bond donors (Lipinski definition) is 1. The summed E-state index contributed by atoms with van der Waals surface area (Å²) in [5.74, 6) is 1.04. The van der Waals surface area contributed by atoms with Crippen LogP contribution in [-0.2, 0) is 11.2 Å². The van der Waals surface area contributed by atoms with Crippen LogP contribution in [0.4, 0.5) is 17.3 Å². The number of nitrogens with zero attached hydrogens (tertiary/aromatic N) is 3. The lowest BCUT2D eigenvalue weighted by Gasteiger charge is -2.17. The van der Waals surface area contributed by atoms with Gasteiger partial charge in [0, 0.05) is 12.7 Å². The second-order valence-electron chi connectivity index (χ2n) is 5.38. The molecular weight excluding hydrogens is 300 g/mol. The van der Waals surface area contributed by atoms with Gasteiger partial charge < -0.3 is 10.2 Å². The molecule has 120 valence electrons. The number of para-hydroxylation sites is 1. The molecule has 5 heteroatoms. The van der Waals surface area contributed by atoms with Gasteiger partial charge in [0.1, 0.15) is 0 Å². The number of nitrogens with one attached hydrogen (secondary N) is 1. The van der Waals surface area contributed by atoms with Crippen molar-refractivity contribution in [2.45, 2.75) is 6.42 Å². The molecule has 0 bridgehead atoms. The van der Waals surface area contributed by atoms with Crippen molar-refractivity contribution in [2.24, 2.45) is 0 Å². The molecule has 1 aromatic heterocycles. The highest BCUT2D eigenvalue weighted by atomic mass is 16.1. The summed E-state index contributed by atoms with van der Waals surface area (Å²) in [6, 6.07) is 23.1. The van der Waals surface area contributed by atoms with Gasteiger partial charge in [-0.25, -0.2) is 0 Å². The molecule has 1 heterocycles. The third kappa shape index (κ3) is 3.95. The summed E-state index contributed by atoms with van der Waals surface area (Å²) in [5.41, 5.74) is 1.98. The van der Waals surface area contributed by atoms with Crippen LogP contribution in [0.2, 0.25) is 0 Å². The van der Waals surface area contributed by atoms with Crippen molar-refractivity contribution in [2.75, 3.05) is 17.3 Å². The third-order valence-corrected chi connectivity index (χ3v) is 3.61. The molecule has 0 atom stereocenters. The highest BCUT2D eigenvalue weighted by Gasteiger charge is 2.08. The van der Waals surface area contributed by atoms with E-state index in [1.807, 2.05) is 78.7 Å². The Kier molecular flexibility index (Phi) is 4.81. The van der Waals surface area contributed by atoms with Gasteiger partial charge in [-0.2, -0.15) is 0 Å². The molecule has 0 saturated heterocycles. The Balaban J connectivity index is 1.63.